The fraction of sp³-hybridized carbons (Fsp3) is 0.208. The van der Waals surface area contributed by atoms with Gasteiger partial charge in [0.15, 0.2) is 0 Å². The predicted molar refractivity (Wildman–Crippen MR) is 131 cm³/mol. The number of aromatic nitrogens is 2. The molecular formula is C24H23ClN4O3S. The van der Waals surface area contributed by atoms with Crippen molar-refractivity contribution in [1.82, 2.24) is 14.7 Å². The number of fused-ring (bicyclic) bond motifs is 1. The number of ether oxygens (including phenoxy) is 1. The van der Waals surface area contributed by atoms with E-state index in [-0.39, 0.29) is 18.4 Å². The van der Waals surface area contributed by atoms with Crippen molar-refractivity contribution < 1.29 is 14.3 Å². The lowest BCUT2D eigenvalue weighted by Gasteiger charge is -2.16. The molecule has 0 aliphatic heterocycles. The standard InChI is InChI=1S/C24H23ClN4O3S/c1-15-20-12-21(33-24(20)29(27-15)13-16-7-9-17(25)10-8-16)23(31)28(2)14-22(30)26-18-5-4-6-19(11-18)32-3/h4-12H,13-14H2,1-3H3,(H,26,30). The predicted octanol–water partition coefficient (Wildman–Crippen LogP) is 4.83. The Hall–Kier alpha value is -3.36. The molecule has 0 atom stereocenters. The summed E-state index contributed by atoms with van der Waals surface area (Å²) in [6.45, 7) is 2.43. The fourth-order valence-corrected chi connectivity index (χ4v) is 4.75. The Bertz CT molecular complexity index is 1310. The quantitative estimate of drug-likeness (QED) is 0.409. The van der Waals surface area contributed by atoms with E-state index in [1.807, 2.05) is 41.9 Å². The molecule has 33 heavy (non-hydrogen) atoms. The number of anilines is 1. The lowest BCUT2D eigenvalue weighted by atomic mass is 10.2. The maximum atomic E-state index is 13.0. The van der Waals surface area contributed by atoms with Crippen LogP contribution in [0, 0.1) is 6.92 Å². The summed E-state index contributed by atoms with van der Waals surface area (Å²) in [5.41, 5.74) is 2.53. The first-order valence-corrected chi connectivity index (χ1v) is 11.4. The van der Waals surface area contributed by atoms with E-state index in [9.17, 15) is 9.59 Å². The van der Waals surface area contributed by atoms with Crippen molar-refractivity contribution in [3.63, 3.8) is 0 Å². The van der Waals surface area contributed by atoms with E-state index in [4.69, 9.17) is 16.3 Å². The van der Waals surface area contributed by atoms with E-state index in [0.29, 0.717) is 27.9 Å². The Labute approximate surface area is 200 Å². The Morgan fingerprint density at radius 2 is 1.94 bits per heavy atom. The number of hydrogen-bond acceptors (Lipinski definition) is 5. The number of hydrogen-bond donors (Lipinski definition) is 1. The molecule has 0 aliphatic rings. The summed E-state index contributed by atoms with van der Waals surface area (Å²) in [4.78, 5) is 28.3. The van der Waals surface area contributed by atoms with Gasteiger partial charge in [-0.05, 0) is 42.8 Å². The van der Waals surface area contributed by atoms with Crippen LogP contribution >= 0.6 is 22.9 Å². The molecule has 4 aromatic rings. The van der Waals surface area contributed by atoms with Gasteiger partial charge >= 0.3 is 0 Å². The first-order chi connectivity index (χ1) is 15.8. The molecule has 9 heteroatoms. The van der Waals surface area contributed by atoms with Gasteiger partial charge in [-0.2, -0.15) is 5.10 Å². The number of amides is 2. The van der Waals surface area contributed by atoms with E-state index in [2.05, 4.69) is 10.4 Å². The lowest BCUT2D eigenvalue weighted by molar-refractivity contribution is -0.116. The molecular weight excluding hydrogens is 460 g/mol. The highest BCUT2D eigenvalue weighted by molar-refractivity contribution is 7.20. The van der Waals surface area contributed by atoms with Crippen LogP contribution in [0.4, 0.5) is 5.69 Å². The number of rotatable bonds is 7. The number of carbonyl (C=O) groups excluding carboxylic acids is 2. The zero-order chi connectivity index (χ0) is 23.5. The molecule has 0 fully saturated rings. The Balaban J connectivity index is 1.46. The number of benzene rings is 2. The summed E-state index contributed by atoms with van der Waals surface area (Å²) in [6, 6.07) is 16.5. The summed E-state index contributed by atoms with van der Waals surface area (Å²) in [5, 5.41) is 9.03. The number of aryl methyl sites for hydroxylation is 1. The van der Waals surface area contributed by atoms with Crippen molar-refractivity contribution in [2.75, 3.05) is 26.0 Å². The number of methoxy groups -OCH3 is 1. The van der Waals surface area contributed by atoms with Crippen molar-refractivity contribution in [1.29, 1.82) is 0 Å². The van der Waals surface area contributed by atoms with Gasteiger partial charge in [0.05, 0.1) is 30.8 Å². The fourth-order valence-electron chi connectivity index (χ4n) is 3.46. The maximum absolute atomic E-state index is 13.0. The van der Waals surface area contributed by atoms with Crippen LogP contribution in [0.1, 0.15) is 20.9 Å². The largest absolute Gasteiger partial charge is 0.497 e. The number of likely N-dealkylation sites (N-methyl/N-ethyl adjacent to an activating group) is 1. The Morgan fingerprint density at radius 3 is 2.67 bits per heavy atom. The third kappa shape index (κ3) is 5.18. The first-order valence-electron chi connectivity index (χ1n) is 10.2. The maximum Gasteiger partial charge on any atom is 0.264 e. The van der Waals surface area contributed by atoms with E-state index < -0.39 is 0 Å². The van der Waals surface area contributed by atoms with Gasteiger partial charge in [0.25, 0.3) is 5.91 Å². The first kappa shape index (κ1) is 22.8. The second-order valence-electron chi connectivity index (χ2n) is 7.64. The van der Waals surface area contributed by atoms with Gasteiger partial charge in [-0.25, -0.2) is 0 Å². The van der Waals surface area contributed by atoms with Crippen molar-refractivity contribution in [2.45, 2.75) is 13.5 Å². The number of halogens is 1. The second kappa shape index (κ2) is 9.64. The molecule has 7 nitrogen and oxygen atoms in total. The lowest BCUT2D eigenvalue weighted by Crippen LogP contribution is -2.34. The van der Waals surface area contributed by atoms with Gasteiger partial charge in [-0.1, -0.05) is 29.8 Å². The summed E-state index contributed by atoms with van der Waals surface area (Å²) in [5.74, 6) is 0.144. The minimum absolute atomic E-state index is 0.0693. The van der Waals surface area contributed by atoms with Crippen molar-refractivity contribution in [3.05, 3.63) is 75.8 Å². The van der Waals surface area contributed by atoms with Crippen molar-refractivity contribution in [2.24, 2.45) is 0 Å². The van der Waals surface area contributed by atoms with Crippen LogP contribution < -0.4 is 10.1 Å². The van der Waals surface area contributed by atoms with Crippen LogP contribution in [-0.2, 0) is 11.3 Å². The van der Waals surface area contributed by atoms with E-state index >= 15 is 0 Å². The molecule has 0 radical (unpaired) electrons. The molecule has 0 saturated carbocycles. The molecule has 0 spiro atoms. The highest BCUT2D eigenvalue weighted by Gasteiger charge is 2.21. The molecule has 2 aromatic carbocycles. The molecule has 4 rings (SSSR count). The van der Waals surface area contributed by atoms with E-state index in [0.717, 1.165) is 21.5 Å². The molecule has 0 bridgehead atoms. The van der Waals surface area contributed by atoms with Gasteiger partial charge in [0, 0.05) is 29.2 Å². The molecule has 0 unspecified atom stereocenters. The average molecular weight is 483 g/mol. The topological polar surface area (TPSA) is 76.5 Å². The van der Waals surface area contributed by atoms with Gasteiger partial charge in [0.2, 0.25) is 5.91 Å². The molecule has 170 valence electrons. The molecule has 1 N–H and O–H groups in total. The smallest absolute Gasteiger partial charge is 0.264 e. The van der Waals surface area contributed by atoms with Crippen LogP contribution in [0.2, 0.25) is 5.02 Å². The third-order valence-electron chi connectivity index (χ3n) is 5.14. The molecule has 2 heterocycles. The number of nitrogens with one attached hydrogen (secondary N) is 1. The van der Waals surface area contributed by atoms with Crippen LogP contribution in [0.25, 0.3) is 10.2 Å². The van der Waals surface area contributed by atoms with E-state index in [1.165, 1.54) is 16.2 Å². The summed E-state index contributed by atoms with van der Waals surface area (Å²) < 4.78 is 7.06. The third-order valence-corrected chi connectivity index (χ3v) is 6.53. The highest BCUT2D eigenvalue weighted by Crippen LogP contribution is 2.29. The van der Waals surface area contributed by atoms with Gasteiger partial charge in [0.1, 0.15) is 10.6 Å². The molecule has 2 amide bonds. The molecule has 0 saturated heterocycles. The minimum Gasteiger partial charge on any atom is -0.497 e. The number of carbonyl (C=O) groups is 2. The minimum atomic E-state index is -0.287. The van der Waals surface area contributed by atoms with Gasteiger partial charge < -0.3 is 15.0 Å². The van der Waals surface area contributed by atoms with Crippen LogP contribution in [-0.4, -0.2) is 47.2 Å². The zero-order valence-electron chi connectivity index (χ0n) is 18.5. The molecule has 2 aromatic heterocycles. The van der Waals surface area contributed by atoms with E-state index in [1.54, 1.807) is 38.4 Å². The van der Waals surface area contributed by atoms with Gasteiger partial charge in [-0.3, -0.25) is 14.3 Å². The summed E-state index contributed by atoms with van der Waals surface area (Å²) in [7, 11) is 3.18. The van der Waals surface area contributed by atoms with Crippen molar-refractivity contribution in [3.8, 4) is 5.75 Å². The van der Waals surface area contributed by atoms with Crippen LogP contribution in [0.3, 0.4) is 0 Å². The summed E-state index contributed by atoms with van der Waals surface area (Å²) in [6.07, 6.45) is 0. The monoisotopic (exact) mass is 482 g/mol. The Kier molecular flexibility index (Phi) is 6.67. The van der Waals surface area contributed by atoms with Crippen LogP contribution in [0.15, 0.2) is 54.6 Å². The SMILES string of the molecule is COc1cccc(NC(=O)CN(C)C(=O)c2cc3c(C)nn(Cc4ccc(Cl)cc4)c3s2)c1. The zero-order valence-corrected chi connectivity index (χ0v) is 20.0. The van der Waals surface area contributed by atoms with Crippen molar-refractivity contribution >= 4 is 50.7 Å². The molecule has 0 aliphatic carbocycles. The second-order valence-corrected chi connectivity index (χ2v) is 9.11. The number of nitrogens with zero attached hydrogens (tertiary/aromatic N) is 3. The Morgan fingerprint density at radius 1 is 1.18 bits per heavy atom. The average Bonchev–Trinajstić information content (AvgIpc) is 3.36. The number of thiophene rings is 1. The highest BCUT2D eigenvalue weighted by atomic mass is 35.5. The normalized spacial score (nSPS) is 10.9. The van der Waals surface area contributed by atoms with Gasteiger partial charge in [-0.15, -0.1) is 11.3 Å². The summed E-state index contributed by atoms with van der Waals surface area (Å²) >= 11 is 7.35. The van der Waals surface area contributed by atoms with Crippen LogP contribution in [0.5, 0.6) is 5.75 Å².